The van der Waals surface area contributed by atoms with E-state index >= 15 is 0 Å². The van der Waals surface area contributed by atoms with E-state index in [2.05, 4.69) is 10.5 Å². The summed E-state index contributed by atoms with van der Waals surface area (Å²) in [4.78, 5) is 24.0. The monoisotopic (exact) mass is 474 g/mol. The molecule has 3 aromatic carbocycles. The Kier molecular flexibility index (Phi) is 7.32. The molecule has 178 valence electrons. The summed E-state index contributed by atoms with van der Waals surface area (Å²) in [5, 5.41) is 25.5. The van der Waals surface area contributed by atoms with Gasteiger partial charge in [0.25, 0.3) is 5.91 Å². The Morgan fingerprint density at radius 1 is 0.943 bits per heavy atom. The number of aliphatic carboxylic acids is 1. The van der Waals surface area contributed by atoms with Crippen LogP contribution in [0.25, 0.3) is 22.4 Å². The summed E-state index contributed by atoms with van der Waals surface area (Å²) in [6.07, 6.45) is -1.59. The summed E-state index contributed by atoms with van der Waals surface area (Å²) in [5.41, 5.74) is 3.26. The maximum atomic E-state index is 14.0. The van der Waals surface area contributed by atoms with Crippen molar-refractivity contribution < 1.29 is 28.7 Å². The van der Waals surface area contributed by atoms with Crippen molar-refractivity contribution in [3.8, 4) is 22.4 Å². The van der Waals surface area contributed by atoms with Gasteiger partial charge in [-0.3, -0.25) is 4.79 Å². The van der Waals surface area contributed by atoms with E-state index in [4.69, 9.17) is 9.63 Å². The molecule has 4 rings (SSSR count). The maximum absolute atomic E-state index is 14.0. The highest BCUT2D eigenvalue weighted by atomic mass is 19.1. The fourth-order valence-electron chi connectivity index (χ4n) is 3.75. The molecule has 7 nitrogen and oxygen atoms in total. The molecule has 0 aliphatic carbocycles. The summed E-state index contributed by atoms with van der Waals surface area (Å²) in [6.45, 7) is 0. The number of carboxylic acids is 1. The van der Waals surface area contributed by atoms with Crippen molar-refractivity contribution in [1.82, 2.24) is 10.5 Å². The first kappa shape index (κ1) is 23.8. The fourth-order valence-corrected chi connectivity index (χ4v) is 3.75. The lowest BCUT2D eigenvalue weighted by molar-refractivity contribution is -0.147. The predicted molar refractivity (Wildman–Crippen MR) is 127 cm³/mol. The molecule has 2 unspecified atom stereocenters. The first-order valence-electron chi connectivity index (χ1n) is 11.0. The smallest absolute Gasteiger partial charge is 0.332 e. The highest BCUT2D eigenvalue weighted by Crippen LogP contribution is 2.23. The number of aliphatic hydroxyl groups excluding tert-OH is 1. The normalized spacial score (nSPS) is 12.6. The molecule has 0 saturated heterocycles. The van der Waals surface area contributed by atoms with Gasteiger partial charge in [0.2, 0.25) is 5.76 Å². The highest BCUT2D eigenvalue weighted by Gasteiger charge is 2.24. The van der Waals surface area contributed by atoms with Crippen LogP contribution in [0.5, 0.6) is 0 Å². The number of carbonyl (C=O) groups is 2. The summed E-state index contributed by atoms with van der Waals surface area (Å²) in [6, 6.07) is 24.0. The Labute approximate surface area is 200 Å². The van der Waals surface area contributed by atoms with Gasteiger partial charge in [-0.25, -0.2) is 9.18 Å². The van der Waals surface area contributed by atoms with Gasteiger partial charge in [0.15, 0.2) is 6.10 Å². The molecule has 4 aromatic rings. The van der Waals surface area contributed by atoms with Gasteiger partial charge in [-0.2, -0.15) is 0 Å². The van der Waals surface area contributed by atoms with Gasteiger partial charge < -0.3 is 20.1 Å². The number of benzene rings is 3. The van der Waals surface area contributed by atoms with E-state index in [-0.39, 0.29) is 29.9 Å². The lowest BCUT2D eigenvalue weighted by Crippen LogP contribution is -2.40. The average Bonchev–Trinajstić information content (AvgIpc) is 3.35. The van der Waals surface area contributed by atoms with Gasteiger partial charge >= 0.3 is 5.97 Å². The maximum Gasteiger partial charge on any atom is 0.332 e. The first-order valence-corrected chi connectivity index (χ1v) is 11.0. The number of aromatic nitrogens is 1. The molecule has 2 atom stereocenters. The molecular weight excluding hydrogens is 451 g/mol. The molecule has 0 fully saturated rings. The van der Waals surface area contributed by atoms with Crippen molar-refractivity contribution >= 4 is 11.9 Å². The number of aliphatic hydroxyl groups is 1. The van der Waals surface area contributed by atoms with E-state index < -0.39 is 29.8 Å². The number of carboxylic acid groups (broad SMARTS) is 1. The summed E-state index contributed by atoms with van der Waals surface area (Å²) >= 11 is 0. The largest absolute Gasteiger partial charge is 0.479 e. The number of nitrogens with zero attached hydrogens (tertiary/aromatic N) is 1. The second-order valence-electron chi connectivity index (χ2n) is 8.08. The zero-order valence-corrected chi connectivity index (χ0v) is 18.6. The van der Waals surface area contributed by atoms with Gasteiger partial charge in [-0.1, -0.05) is 71.9 Å². The van der Waals surface area contributed by atoms with Gasteiger partial charge in [0.05, 0.1) is 0 Å². The van der Waals surface area contributed by atoms with Crippen molar-refractivity contribution in [2.45, 2.75) is 25.0 Å². The van der Waals surface area contributed by atoms with Crippen LogP contribution >= 0.6 is 0 Å². The van der Waals surface area contributed by atoms with E-state index in [1.807, 2.05) is 54.6 Å². The summed E-state index contributed by atoms with van der Waals surface area (Å²) in [7, 11) is 0. The summed E-state index contributed by atoms with van der Waals surface area (Å²) < 4.78 is 19.1. The van der Waals surface area contributed by atoms with Crippen LogP contribution in [0.15, 0.2) is 89.5 Å². The lowest BCUT2D eigenvalue weighted by Gasteiger charge is -2.20. The quantitative estimate of drug-likeness (QED) is 0.333. The molecular formula is C27H23FN2O5. The molecule has 8 heteroatoms. The highest BCUT2D eigenvalue weighted by molar-refractivity contribution is 5.92. The molecule has 0 saturated carbocycles. The molecule has 35 heavy (non-hydrogen) atoms. The molecule has 0 bridgehead atoms. The second kappa shape index (κ2) is 10.8. The Morgan fingerprint density at radius 2 is 1.60 bits per heavy atom. The molecule has 0 aliphatic heterocycles. The van der Waals surface area contributed by atoms with Crippen LogP contribution in [0.1, 0.15) is 22.5 Å². The van der Waals surface area contributed by atoms with Crippen LogP contribution in [-0.4, -0.2) is 39.4 Å². The number of hydrogen-bond acceptors (Lipinski definition) is 5. The van der Waals surface area contributed by atoms with Crippen LogP contribution in [0.2, 0.25) is 0 Å². The standard InChI is InChI=1S/C27H23FN2O5/c28-22-9-5-4-8-21(22)23-16-25(35-30-23)26(32)29-20(15-24(31)27(33)34)14-17-10-12-19(13-11-17)18-6-2-1-3-7-18/h1-13,16,20,24,31H,14-15H2,(H,29,32)(H,33,34). The van der Waals surface area contributed by atoms with Crippen molar-refractivity contribution in [3.05, 3.63) is 102 Å². The van der Waals surface area contributed by atoms with Gasteiger partial charge in [0.1, 0.15) is 11.5 Å². The predicted octanol–water partition coefficient (Wildman–Crippen LogP) is 4.32. The number of amides is 1. The molecule has 0 aliphatic rings. The van der Waals surface area contributed by atoms with Gasteiger partial charge in [-0.15, -0.1) is 0 Å². The molecule has 3 N–H and O–H groups in total. The number of hydrogen-bond donors (Lipinski definition) is 3. The van der Waals surface area contributed by atoms with E-state index in [1.165, 1.54) is 24.3 Å². The van der Waals surface area contributed by atoms with Gasteiger partial charge in [0, 0.05) is 24.1 Å². The number of carbonyl (C=O) groups excluding carboxylic acids is 1. The minimum Gasteiger partial charge on any atom is -0.479 e. The third-order valence-corrected chi connectivity index (χ3v) is 5.55. The zero-order chi connectivity index (χ0) is 24.8. The Bertz CT molecular complexity index is 1300. The van der Waals surface area contributed by atoms with E-state index in [0.717, 1.165) is 16.7 Å². The van der Waals surface area contributed by atoms with Crippen molar-refractivity contribution in [1.29, 1.82) is 0 Å². The van der Waals surface area contributed by atoms with Crippen molar-refractivity contribution in [2.24, 2.45) is 0 Å². The topological polar surface area (TPSA) is 113 Å². The lowest BCUT2D eigenvalue weighted by atomic mass is 9.97. The minimum absolute atomic E-state index is 0.155. The van der Waals surface area contributed by atoms with Crippen LogP contribution < -0.4 is 5.32 Å². The molecule has 0 spiro atoms. The van der Waals surface area contributed by atoms with Crippen LogP contribution in [0.3, 0.4) is 0 Å². The van der Waals surface area contributed by atoms with Gasteiger partial charge in [-0.05, 0) is 35.2 Å². The molecule has 0 radical (unpaired) electrons. The van der Waals surface area contributed by atoms with Crippen molar-refractivity contribution in [3.63, 3.8) is 0 Å². The number of halogens is 1. The van der Waals surface area contributed by atoms with E-state index in [0.29, 0.717) is 0 Å². The summed E-state index contributed by atoms with van der Waals surface area (Å²) in [5.74, 6) is -2.69. The SMILES string of the molecule is O=C(NC(Cc1ccc(-c2ccccc2)cc1)CC(O)C(=O)O)c1cc(-c2ccccc2F)no1. The number of nitrogens with one attached hydrogen (secondary N) is 1. The third kappa shape index (κ3) is 5.99. The van der Waals surface area contributed by atoms with Crippen LogP contribution in [-0.2, 0) is 11.2 Å². The first-order chi connectivity index (χ1) is 16.9. The Morgan fingerprint density at radius 3 is 2.29 bits per heavy atom. The fraction of sp³-hybridized carbons (Fsp3) is 0.148. The second-order valence-corrected chi connectivity index (χ2v) is 8.08. The molecule has 1 heterocycles. The van der Waals surface area contributed by atoms with Crippen molar-refractivity contribution in [2.75, 3.05) is 0 Å². The molecule has 1 aromatic heterocycles. The Hall–Kier alpha value is -4.30. The average molecular weight is 474 g/mol. The van der Waals surface area contributed by atoms with Crippen LogP contribution in [0.4, 0.5) is 4.39 Å². The molecule has 1 amide bonds. The third-order valence-electron chi connectivity index (χ3n) is 5.55. The van der Waals surface area contributed by atoms with E-state index in [1.54, 1.807) is 6.07 Å². The van der Waals surface area contributed by atoms with E-state index in [9.17, 15) is 19.1 Å². The zero-order valence-electron chi connectivity index (χ0n) is 18.6. The number of rotatable bonds is 9. The van der Waals surface area contributed by atoms with Crippen LogP contribution in [0, 0.1) is 5.82 Å². The minimum atomic E-state index is -1.66. The Balaban J connectivity index is 1.49.